The molecular weight excluding hydrogens is 577 g/mol. The first-order valence-electron chi connectivity index (χ1n) is 10.7. The van der Waals surface area contributed by atoms with Gasteiger partial charge in [-0.25, -0.2) is 8.42 Å². The van der Waals surface area contributed by atoms with Gasteiger partial charge in [-0.05, 0) is 74.5 Å². The van der Waals surface area contributed by atoms with E-state index < -0.39 is 15.9 Å². The van der Waals surface area contributed by atoms with Crippen molar-refractivity contribution in [2.24, 2.45) is 0 Å². The van der Waals surface area contributed by atoms with Crippen LogP contribution in [0.3, 0.4) is 0 Å². The number of hydrogen-bond acceptors (Lipinski definition) is 5. The third-order valence-corrected chi connectivity index (χ3v) is 7.47. The van der Waals surface area contributed by atoms with Crippen molar-refractivity contribution in [3.8, 4) is 5.75 Å². The van der Waals surface area contributed by atoms with E-state index in [1.807, 2.05) is 18.7 Å². The number of nitrogens with zero attached hydrogens (tertiary/aromatic N) is 1. The van der Waals surface area contributed by atoms with Crippen molar-refractivity contribution in [3.63, 3.8) is 0 Å². The second kappa shape index (κ2) is 12.0. The van der Waals surface area contributed by atoms with E-state index in [0.29, 0.717) is 35.2 Å². The molecule has 3 rings (SSSR count). The van der Waals surface area contributed by atoms with Gasteiger partial charge in [0.05, 0.1) is 27.0 Å². The molecule has 0 radical (unpaired) electrons. The number of ether oxygens (including phenoxy) is 1. The number of hydrogen-bond donors (Lipinski definition) is 2. The Morgan fingerprint density at radius 2 is 1.66 bits per heavy atom. The Kier molecular flexibility index (Phi) is 9.29. The molecule has 35 heavy (non-hydrogen) atoms. The Bertz CT molecular complexity index is 1300. The first-order valence-corrected chi connectivity index (χ1v) is 13.7. The largest absolute Gasteiger partial charge is 0.484 e. The second-order valence-corrected chi connectivity index (χ2v) is 10.8. The molecule has 0 heterocycles. The number of anilines is 3. The summed E-state index contributed by atoms with van der Waals surface area (Å²) in [7, 11) is -4.02. The van der Waals surface area contributed by atoms with Crippen molar-refractivity contribution in [3.05, 3.63) is 75.2 Å². The van der Waals surface area contributed by atoms with E-state index in [9.17, 15) is 13.2 Å². The van der Waals surface area contributed by atoms with Gasteiger partial charge in [0.1, 0.15) is 5.75 Å². The predicted octanol–water partition coefficient (Wildman–Crippen LogP) is 6.42. The van der Waals surface area contributed by atoms with Crippen molar-refractivity contribution < 1.29 is 17.9 Å². The van der Waals surface area contributed by atoms with Crippen molar-refractivity contribution in [1.29, 1.82) is 0 Å². The third kappa shape index (κ3) is 7.27. The molecule has 186 valence electrons. The Morgan fingerprint density at radius 3 is 2.31 bits per heavy atom. The number of benzene rings is 3. The highest BCUT2D eigenvalue weighted by atomic mass is 79.9. The van der Waals surface area contributed by atoms with Gasteiger partial charge in [0.25, 0.3) is 15.9 Å². The van der Waals surface area contributed by atoms with Crippen LogP contribution < -0.4 is 19.7 Å². The summed E-state index contributed by atoms with van der Waals surface area (Å²) < 4.78 is 35.1. The van der Waals surface area contributed by atoms with Crippen LogP contribution in [0.1, 0.15) is 13.8 Å². The summed E-state index contributed by atoms with van der Waals surface area (Å²) in [5.41, 5.74) is 1.19. The lowest BCUT2D eigenvalue weighted by molar-refractivity contribution is -0.118. The molecule has 0 spiro atoms. The quantitative estimate of drug-likeness (QED) is 0.280. The monoisotopic (exact) mass is 599 g/mol. The van der Waals surface area contributed by atoms with E-state index in [1.165, 1.54) is 24.3 Å². The minimum Gasteiger partial charge on any atom is -0.484 e. The number of nitrogens with one attached hydrogen (secondary N) is 2. The average Bonchev–Trinajstić information content (AvgIpc) is 2.82. The van der Waals surface area contributed by atoms with Gasteiger partial charge >= 0.3 is 0 Å². The highest BCUT2D eigenvalue weighted by molar-refractivity contribution is 9.10. The Balaban J connectivity index is 1.87. The summed E-state index contributed by atoms with van der Waals surface area (Å²) in [5.74, 6) is 0.105. The SMILES string of the molecule is CCN(CC)c1ccc(S(=O)(=O)Nc2cc(Cl)ccc2Cl)cc1NC(=O)COc1ccc(Br)cc1. The normalized spacial score (nSPS) is 11.1. The fourth-order valence-corrected chi connectivity index (χ4v) is 5.02. The zero-order valence-corrected chi connectivity index (χ0v) is 22.9. The molecule has 3 aromatic carbocycles. The maximum absolute atomic E-state index is 13.1. The third-order valence-electron chi connectivity index (χ3n) is 5.01. The van der Waals surface area contributed by atoms with Crippen molar-refractivity contribution in [2.45, 2.75) is 18.7 Å². The molecule has 11 heteroatoms. The molecule has 0 unspecified atom stereocenters. The number of amides is 1. The minimum absolute atomic E-state index is 0.0476. The Labute approximate surface area is 223 Å². The van der Waals surface area contributed by atoms with Crippen LogP contribution in [0.5, 0.6) is 5.75 Å². The highest BCUT2D eigenvalue weighted by Crippen LogP contribution is 2.32. The van der Waals surface area contributed by atoms with Crippen molar-refractivity contribution in [2.75, 3.05) is 34.6 Å². The minimum atomic E-state index is -4.02. The topological polar surface area (TPSA) is 87.7 Å². The van der Waals surface area contributed by atoms with Crippen LogP contribution in [0.2, 0.25) is 10.0 Å². The van der Waals surface area contributed by atoms with Crippen molar-refractivity contribution in [1.82, 2.24) is 0 Å². The zero-order chi connectivity index (χ0) is 25.6. The van der Waals surface area contributed by atoms with Crippen LogP contribution in [-0.2, 0) is 14.8 Å². The van der Waals surface area contributed by atoms with Crippen LogP contribution in [0.25, 0.3) is 0 Å². The van der Waals surface area contributed by atoms with Crippen LogP contribution in [-0.4, -0.2) is 34.0 Å². The molecule has 0 fully saturated rings. The zero-order valence-electron chi connectivity index (χ0n) is 19.0. The van der Waals surface area contributed by atoms with Gasteiger partial charge in [-0.2, -0.15) is 0 Å². The molecule has 1 amide bonds. The summed E-state index contributed by atoms with van der Waals surface area (Å²) in [6, 6.07) is 16.1. The van der Waals surface area contributed by atoms with E-state index in [-0.39, 0.29) is 22.2 Å². The molecule has 0 aliphatic rings. The van der Waals surface area contributed by atoms with Gasteiger partial charge in [-0.3, -0.25) is 9.52 Å². The van der Waals surface area contributed by atoms with E-state index in [1.54, 1.807) is 36.4 Å². The molecular formula is C24H24BrCl2N3O4S. The van der Waals surface area contributed by atoms with Crippen LogP contribution in [0.4, 0.5) is 17.1 Å². The second-order valence-electron chi connectivity index (χ2n) is 7.37. The van der Waals surface area contributed by atoms with Crippen LogP contribution in [0, 0.1) is 0 Å². The summed E-state index contributed by atoms with van der Waals surface area (Å²) in [6.07, 6.45) is 0. The lowest BCUT2D eigenvalue weighted by atomic mass is 10.2. The van der Waals surface area contributed by atoms with Gasteiger partial charge in [0, 0.05) is 22.6 Å². The fourth-order valence-electron chi connectivity index (χ4n) is 3.27. The molecule has 0 aliphatic carbocycles. The van der Waals surface area contributed by atoms with Gasteiger partial charge in [-0.1, -0.05) is 39.1 Å². The smallest absolute Gasteiger partial charge is 0.262 e. The molecule has 0 bridgehead atoms. The standard InChI is InChI=1S/C24H24BrCl2N3O4S/c1-3-30(4-2)23-12-10-19(35(32,33)29-21-13-17(26)7-11-20(21)27)14-22(23)28-24(31)15-34-18-8-5-16(25)6-9-18/h5-14,29H,3-4,15H2,1-2H3,(H,28,31). The molecule has 7 nitrogen and oxygen atoms in total. The Hall–Kier alpha value is -2.46. The number of rotatable bonds is 10. The van der Waals surface area contributed by atoms with E-state index in [2.05, 4.69) is 26.0 Å². The van der Waals surface area contributed by atoms with Gasteiger partial charge in [0.15, 0.2) is 6.61 Å². The first kappa shape index (κ1) is 27.1. The number of carbonyl (C=O) groups excluding carboxylic acids is 1. The maximum Gasteiger partial charge on any atom is 0.262 e. The van der Waals surface area contributed by atoms with Gasteiger partial charge < -0.3 is 15.0 Å². The first-order chi connectivity index (χ1) is 16.6. The maximum atomic E-state index is 13.1. The molecule has 0 aliphatic heterocycles. The molecule has 0 saturated carbocycles. The van der Waals surface area contributed by atoms with E-state index >= 15 is 0 Å². The molecule has 0 aromatic heterocycles. The predicted molar refractivity (Wildman–Crippen MR) is 146 cm³/mol. The summed E-state index contributed by atoms with van der Waals surface area (Å²) >= 11 is 15.5. The molecule has 2 N–H and O–H groups in total. The number of halogens is 3. The number of sulfonamides is 1. The van der Waals surface area contributed by atoms with Crippen LogP contribution >= 0.6 is 39.1 Å². The molecule has 0 atom stereocenters. The molecule has 0 saturated heterocycles. The Morgan fingerprint density at radius 1 is 0.971 bits per heavy atom. The lowest BCUT2D eigenvalue weighted by Gasteiger charge is -2.25. The lowest BCUT2D eigenvalue weighted by Crippen LogP contribution is -2.26. The highest BCUT2D eigenvalue weighted by Gasteiger charge is 2.20. The summed E-state index contributed by atoms with van der Waals surface area (Å²) in [6.45, 7) is 5.03. The summed E-state index contributed by atoms with van der Waals surface area (Å²) in [5, 5.41) is 3.32. The number of carbonyl (C=O) groups is 1. The van der Waals surface area contributed by atoms with E-state index in [0.717, 1.165) is 4.47 Å². The van der Waals surface area contributed by atoms with E-state index in [4.69, 9.17) is 27.9 Å². The summed E-state index contributed by atoms with van der Waals surface area (Å²) in [4.78, 5) is 14.6. The van der Waals surface area contributed by atoms with Gasteiger partial charge in [0.2, 0.25) is 0 Å². The molecule has 3 aromatic rings. The van der Waals surface area contributed by atoms with Gasteiger partial charge in [-0.15, -0.1) is 0 Å². The average molecular weight is 601 g/mol. The fraction of sp³-hybridized carbons (Fsp3) is 0.208. The van der Waals surface area contributed by atoms with Crippen molar-refractivity contribution >= 4 is 72.1 Å². The van der Waals surface area contributed by atoms with Crippen LogP contribution in [0.15, 0.2) is 70.0 Å².